The number of amides is 1. The van der Waals surface area contributed by atoms with E-state index in [-0.39, 0.29) is 5.91 Å². The Hall–Kier alpha value is -3.55. The molecule has 8 heteroatoms. The molecule has 0 saturated heterocycles. The molecule has 2 aromatic carbocycles. The van der Waals surface area contributed by atoms with Crippen LogP contribution in [-0.2, 0) is 17.8 Å². The number of benzene rings is 2. The zero-order chi connectivity index (χ0) is 22.8. The van der Waals surface area contributed by atoms with Gasteiger partial charge in [-0.1, -0.05) is 18.2 Å². The van der Waals surface area contributed by atoms with Crippen molar-refractivity contribution >= 4 is 17.8 Å². The summed E-state index contributed by atoms with van der Waals surface area (Å²) < 4.78 is 10.0. The predicted octanol–water partition coefficient (Wildman–Crippen LogP) is 2.44. The van der Waals surface area contributed by atoms with Crippen molar-refractivity contribution in [1.82, 2.24) is 15.5 Å². The molecule has 0 saturated carbocycles. The van der Waals surface area contributed by atoms with Crippen LogP contribution in [0.1, 0.15) is 38.8 Å². The molecular weight excluding hydrogens is 396 g/mol. The van der Waals surface area contributed by atoms with E-state index in [2.05, 4.69) is 15.6 Å². The summed E-state index contributed by atoms with van der Waals surface area (Å²) in [5.74, 6) is 0.622. The third kappa shape index (κ3) is 6.74. The number of ether oxygens (including phenoxy) is 2. The number of nitrogens with one attached hydrogen (secondary N) is 2. The van der Waals surface area contributed by atoms with Crippen molar-refractivity contribution in [2.45, 2.75) is 20.0 Å². The van der Waals surface area contributed by atoms with Gasteiger partial charge >= 0.3 is 5.97 Å². The topological polar surface area (TPSA) is 92.3 Å². The molecule has 0 spiro atoms. The second-order valence-corrected chi connectivity index (χ2v) is 6.97. The fraction of sp³-hybridized carbons (Fsp3) is 0.348. The number of nitrogens with zero attached hydrogens (tertiary/aromatic N) is 2. The Morgan fingerprint density at radius 3 is 2.26 bits per heavy atom. The number of rotatable bonds is 8. The summed E-state index contributed by atoms with van der Waals surface area (Å²) in [6, 6.07) is 12.8. The molecule has 0 fully saturated rings. The maximum Gasteiger partial charge on any atom is 0.341 e. The van der Waals surface area contributed by atoms with Gasteiger partial charge in [-0.05, 0) is 42.3 Å². The zero-order valence-electron chi connectivity index (χ0n) is 18.7. The van der Waals surface area contributed by atoms with E-state index < -0.39 is 5.97 Å². The number of esters is 1. The second kappa shape index (κ2) is 11.6. The Kier molecular flexibility index (Phi) is 8.87. The minimum Gasteiger partial charge on any atom is -0.496 e. The Morgan fingerprint density at radius 2 is 1.68 bits per heavy atom. The zero-order valence-corrected chi connectivity index (χ0v) is 18.7. The highest BCUT2D eigenvalue weighted by Crippen LogP contribution is 2.21. The molecule has 2 N–H and O–H groups in total. The number of methoxy groups -OCH3 is 2. The number of carbonyl (C=O) groups excluding carboxylic acids is 2. The van der Waals surface area contributed by atoms with Crippen LogP contribution < -0.4 is 15.4 Å². The highest BCUT2D eigenvalue weighted by molar-refractivity contribution is 5.94. The van der Waals surface area contributed by atoms with E-state index in [1.165, 1.54) is 14.2 Å². The normalized spacial score (nSPS) is 10.9. The molecule has 0 aliphatic heterocycles. The van der Waals surface area contributed by atoms with Gasteiger partial charge in [0.25, 0.3) is 5.91 Å². The maximum absolute atomic E-state index is 12.0. The van der Waals surface area contributed by atoms with Crippen LogP contribution >= 0.6 is 0 Å². The molecule has 166 valence electrons. The summed E-state index contributed by atoms with van der Waals surface area (Å²) in [6.07, 6.45) is 0. The van der Waals surface area contributed by atoms with Crippen molar-refractivity contribution < 1.29 is 19.1 Å². The SMILES string of the molecule is CCNC(=NCc1ccc(OC)c(C(=O)OC)c1)NCc1ccc(C(=O)N(C)C)cc1. The Labute approximate surface area is 183 Å². The maximum atomic E-state index is 12.0. The smallest absolute Gasteiger partial charge is 0.341 e. The lowest BCUT2D eigenvalue weighted by molar-refractivity contribution is 0.0596. The van der Waals surface area contributed by atoms with E-state index in [9.17, 15) is 9.59 Å². The lowest BCUT2D eigenvalue weighted by atomic mass is 10.1. The summed E-state index contributed by atoms with van der Waals surface area (Å²) in [7, 11) is 6.31. The number of carbonyl (C=O) groups is 2. The fourth-order valence-electron chi connectivity index (χ4n) is 2.84. The van der Waals surface area contributed by atoms with Crippen molar-refractivity contribution in [3.8, 4) is 5.75 Å². The van der Waals surface area contributed by atoms with Crippen molar-refractivity contribution in [1.29, 1.82) is 0 Å². The van der Waals surface area contributed by atoms with Gasteiger partial charge in [0.15, 0.2) is 5.96 Å². The lowest BCUT2D eigenvalue weighted by Crippen LogP contribution is -2.36. The standard InChI is InChI=1S/C23H30N4O4/c1-6-24-23(25-14-16-7-10-18(11-8-16)21(28)27(2)3)26-15-17-9-12-20(30-4)19(13-17)22(29)31-5/h7-13H,6,14-15H2,1-5H3,(H2,24,25,26). The first-order chi connectivity index (χ1) is 14.9. The van der Waals surface area contributed by atoms with Crippen LogP contribution in [0.3, 0.4) is 0 Å². The van der Waals surface area contributed by atoms with Crippen molar-refractivity contribution in [2.24, 2.45) is 4.99 Å². The van der Waals surface area contributed by atoms with Crippen LogP contribution in [0.15, 0.2) is 47.5 Å². The number of aliphatic imine (C=N–C) groups is 1. The third-order valence-electron chi connectivity index (χ3n) is 4.50. The summed E-state index contributed by atoms with van der Waals surface area (Å²) in [6.45, 7) is 3.62. The average molecular weight is 427 g/mol. The van der Waals surface area contributed by atoms with Gasteiger partial charge in [-0.15, -0.1) is 0 Å². The van der Waals surface area contributed by atoms with Crippen LogP contribution in [0.5, 0.6) is 5.75 Å². The molecule has 0 bridgehead atoms. The van der Waals surface area contributed by atoms with Crippen LogP contribution in [0.4, 0.5) is 0 Å². The minimum absolute atomic E-state index is 0.0276. The highest BCUT2D eigenvalue weighted by Gasteiger charge is 2.13. The number of hydrogen-bond acceptors (Lipinski definition) is 5. The van der Waals surface area contributed by atoms with Gasteiger partial charge in [0, 0.05) is 32.7 Å². The van der Waals surface area contributed by atoms with Gasteiger partial charge in [0.2, 0.25) is 0 Å². The molecule has 0 aliphatic carbocycles. The first-order valence-corrected chi connectivity index (χ1v) is 9.97. The molecule has 0 atom stereocenters. The van der Waals surface area contributed by atoms with Crippen LogP contribution in [0.2, 0.25) is 0 Å². The van der Waals surface area contributed by atoms with Crippen molar-refractivity contribution in [2.75, 3.05) is 34.9 Å². The summed E-state index contributed by atoms with van der Waals surface area (Å²) in [5.41, 5.74) is 2.89. The van der Waals surface area contributed by atoms with E-state index in [0.717, 1.165) is 11.1 Å². The van der Waals surface area contributed by atoms with Gasteiger partial charge in [-0.3, -0.25) is 4.79 Å². The highest BCUT2D eigenvalue weighted by atomic mass is 16.5. The third-order valence-corrected chi connectivity index (χ3v) is 4.50. The quantitative estimate of drug-likeness (QED) is 0.383. The van der Waals surface area contributed by atoms with Crippen molar-refractivity contribution in [3.63, 3.8) is 0 Å². The van der Waals surface area contributed by atoms with Gasteiger partial charge in [-0.25, -0.2) is 9.79 Å². The molecule has 1 amide bonds. The summed E-state index contributed by atoms with van der Waals surface area (Å²) >= 11 is 0. The molecule has 0 heterocycles. The second-order valence-electron chi connectivity index (χ2n) is 6.97. The molecule has 0 aromatic heterocycles. The van der Waals surface area contributed by atoms with Gasteiger partial charge in [-0.2, -0.15) is 0 Å². The molecule has 0 unspecified atom stereocenters. The van der Waals surface area contributed by atoms with Gasteiger partial charge in [0.1, 0.15) is 11.3 Å². The number of guanidine groups is 1. The number of hydrogen-bond donors (Lipinski definition) is 2. The molecular formula is C23H30N4O4. The van der Waals surface area contributed by atoms with E-state index >= 15 is 0 Å². The van der Waals surface area contributed by atoms with Gasteiger partial charge in [0.05, 0.1) is 20.8 Å². The van der Waals surface area contributed by atoms with Crippen LogP contribution in [0.25, 0.3) is 0 Å². The summed E-state index contributed by atoms with van der Waals surface area (Å²) in [5, 5.41) is 6.48. The largest absolute Gasteiger partial charge is 0.496 e. The van der Waals surface area contributed by atoms with E-state index in [4.69, 9.17) is 9.47 Å². The lowest BCUT2D eigenvalue weighted by Gasteiger charge is -2.13. The summed E-state index contributed by atoms with van der Waals surface area (Å²) in [4.78, 5) is 30.1. The Balaban J connectivity index is 2.07. The molecule has 0 aliphatic rings. The molecule has 2 aromatic rings. The Morgan fingerprint density at radius 1 is 1.00 bits per heavy atom. The van der Waals surface area contributed by atoms with E-state index in [0.29, 0.717) is 42.5 Å². The van der Waals surface area contributed by atoms with Crippen LogP contribution in [0, 0.1) is 0 Å². The van der Waals surface area contributed by atoms with E-state index in [1.54, 1.807) is 31.1 Å². The van der Waals surface area contributed by atoms with Gasteiger partial charge < -0.3 is 25.0 Å². The average Bonchev–Trinajstić information content (AvgIpc) is 2.79. The molecule has 31 heavy (non-hydrogen) atoms. The molecule has 8 nitrogen and oxygen atoms in total. The molecule has 0 radical (unpaired) electrons. The monoisotopic (exact) mass is 426 g/mol. The predicted molar refractivity (Wildman–Crippen MR) is 120 cm³/mol. The Bertz CT molecular complexity index is 924. The van der Waals surface area contributed by atoms with Crippen molar-refractivity contribution in [3.05, 3.63) is 64.7 Å². The van der Waals surface area contributed by atoms with Crippen LogP contribution in [-0.4, -0.2) is 57.6 Å². The first-order valence-electron chi connectivity index (χ1n) is 9.97. The first kappa shape index (κ1) is 23.7. The fourth-order valence-corrected chi connectivity index (χ4v) is 2.84. The molecule has 2 rings (SSSR count). The minimum atomic E-state index is -0.455. The van der Waals surface area contributed by atoms with E-state index in [1.807, 2.05) is 37.3 Å².